The molecule has 9 heteroatoms. The molecular formula is C26H29N5O4. The summed E-state index contributed by atoms with van der Waals surface area (Å²) in [7, 11) is 4.67. The average molecular weight is 476 g/mol. The van der Waals surface area contributed by atoms with Gasteiger partial charge in [-0.3, -0.25) is 15.1 Å². The summed E-state index contributed by atoms with van der Waals surface area (Å²) in [4.78, 5) is 27.2. The Bertz CT molecular complexity index is 1220. The van der Waals surface area contributed by atoms with Crippen LogP contribution in [0.3, 0.4) is 0 Å². The average Bonchev–Trinajstić information content (AvgIpc) is 2.87. The first-order chi connectivity index (χ1) is 16.7. The molecule has 0 aliphatic carbocycles. The minimum absolute atomic E-state index is 0.127. The second kappa shape index (κ2) is 11.1. The number of carbonyl (C=O) groups is 2. The first-order valence-corrected chi connectivity index (χ1v) is 10.8. The molecule has 0 aliphatic heterocycles. The third-order valence-corrected chi connectivity index (χ3v) is 5.54. The molecule has 0 fully saturated rings. The van der Waals surface area contributed by atoms with Crippen LogP contribution < -0.4 is 30.7 Å². The number of methoxy groups -OCH3 is 2. The van der Waals surface area contributed by atoms with Crippen LogP contribution in [0.4, 0.5) is 16.2 Å². The lowest BCUT2D eigenvalue weighted by molar-refractivity contribution is 0.0950. The van der Waals surface area contributed by atoms with Crippen molar-refractivity contribution in [1.82, 2.24) is 5.32 Å². The molecule has 0 saturated carbocycles. The molecule has 0 aliphatic rings. The van der Waals surface area contributed by atoms with E-state index in [4.69, 9.17) is 20.6 Å². The number of anilines is 2. The predicted molar refractivity (Wildman–Crippen MR) is 137 cm³/mol. The summed E-state index contributed by atoms with van der Waals surface area (Å²) in [6.07, 6.45) is 0. The Hall–Kier alpha value is -4.53. The van der Waals surface area contributed by atoms with Gasteiger partial charge in [0.1, 0.15) is 17.3 Å². The number of nitrogens with two attached hydrogens (primary N) is 1. The number of para-hydroxylation sites is 1. The van der Waals surface area contributed by atoms with Gasteiger partial charge in [0.15, 0.2) is 0 Å². The summed E-state index contributed by atoms with van der Waals surface area (Å²) in [6, 6.07) is 17.0. The van der Waals surface area contributed by atoms with Gasteiger partial charge in [0.05, 0.1) is 19.9 Å². The number of hydrogen-bond acceptors (Lipinski definition) is 5. The van der Waals surface area contributed by atoms with Crippen LogP contribution >= 0.6 is 0 Å². The number of amides is 3. The number of benzene rings is 3. The number of hydrogen-bond donors (Lipinski definition) is 4. The molecule has 0 aromatic heterocycles. The highest BCUT2D eigenvalue weighted by Crippen LogP contribution is 2.29. The van der Waals surface area contributed by atoms with Crippen molar-refractivity contribution in [2.75, 3.05) is 31.5 Å². The minimum Gasteiger partial charge on any atom is -0.496 e. The summed E-state index contributed by atoms with van der Waals surface area (Å²) in [5.41, 5.74) is 9.11. The number of carbonyl (C=O) groups excluding carboxylic acids is 2. The molecule has 0 saturated heterocycles. The lowest BCUT2D eigenvalue weighted by Gasteiger charge is -2.22. The second-order valence-corrected chi connectivity index (χ2v) is 7.80. The minimum atomic E-state index is -0.377. The number of nitrogen functional groups attached to an aromatic ring is 1. The molecule has 182 valence electrons. The van der Waals surface area contributed by atoms with E-state index in [0.717, 1.165) is 5.56 Å². The maximum absolute atomic E-state index is 12.9. The van der Waals surface area contributed by atoms with E-state index in [9.17, 15) is 9.59 Å². The number of urea groups is 1. The third-order valence-electron chi connectivity index (χ3n) is 5.54. The maximum Gasteiger partial charge on any atom is 0.326 e. The van der Waals surface area contributed by atoms with E-state index in [2.05, 4.69) is 10.6 Å². The van der Waals surface area contributed by atoms with Crippen molar-refractivity contribution in [3.63, 3.8) is 0 Å². The number of nitrogens with one attached hydrogen (secondary N) is 3. The quantitative estimate of drug-likeness (QED) is 0.290. The van der Waals surface area contributed by atoms with Gasteiger partial charge in [-0.25, -0.2) is 4.79 Å². The molecule has 5 N–H and O–H groups in total. The maximum atomic E-state index is 12.9. The van der Waals surface area contributed by atoms with E-state index in [0.29, 0.717) is 39.6 Å². The van der Waals surface area contributed by atoms with Crippen molar-refractivity contribution in [3.05, 3.63) is 82.9 Å². The Morgan fingerprint density at radius 2 is 1.60 bits per heavy atom. The van der Waals surface area contributed by atoms with Gasteiger partial charge in [-0.05, 0) is 42.8 Å². The van der Waals surface area contributed by atoms with Crippen LogP contribution in [0.2, 0.25) is 0 Å². The van der Waals surface area contributed by atoms with E-state index in [1.54, 1.807) is 49.5 Å². The van der Waals surface area contributed by atoms with Gasteiger partial charge in [0, 0.05) is 36.0 Å². The molecule has 3 rings (SSSR count). The summed E-state index contributed by atoms with van der Waals surface area (Å²) in [5, 5.41) is 13.5. The van der Waals surface area contributed by atoms with Crippen molar-refractivity contribution in [2.24, 2.45) is 5.73 Å². The molecule has 3 amide bonds. The van der Waals surface area contributed by atoms with E-state index in [-0.39, 0.29) is 24.3 Å². The molecule has 0 atom stereocenters. The van der Waals surface area contributed by atoms with Crippen molar-refractivity contribution in [3.8, 4) is 11.5 Å². The lowest BCUT2D eigenvalue weighted by atomic mass is 10.1. The molecule has 35 heavy (non-hydrogen) atoms. The standard InChI is InChI=1S/C26H29N5O4/c1-16-22(34-3)13-19(14-23(16)35-4)25(32)29-15-18-11-10-17(24(27)28)12-21(18)31(2)26(33)30-20-8-6-5-7-9-20/h5-14H,15H2,1-4H3,(H3,27,28)(H,29,32)(H,30,33). The van der Waals surface area contributed by atoms with Crippen LogP contribution in [-0.2, 0) is 6.54 Å². The van der Waals surface area contributed by atoms with Crippen molar-refractivity contribution in [2.45, 2.75) is 13.5 Å². The molecule has 0 spiro atoms. The van der Waals surface area contributed by atoms with Crippen molar-refractivity contribution < 1.29 is 19.1 Å². The summed E-state index contributed by atoms with van der Waals surface area (Å²) < 4.78 is 10.7. The Morgan fingerprint density at radius 3 is 2.17 bits per heavy atom. The summed E-state index contributed by atoms with van der Waals surface area (Å²) in [5.74, 6) is 0.619. The number of amidine groups is 1. The SMILES string of the molecule is COc1cc(C(=O)NCc2ccc(C(=N)N)cc2N(C)C(=O)Nc2ccccc2)cc(OC)c1C. The number of nitrogens with zero attached hydrogens (tertiary/aromatic N) is 1. The monoisotopic (exact) mass is 475 g/mol. The van der Waals surface area contributed by atoms with Crippen LogP contribution in [0.1, 0.15) is 27.0 Å². The van der Waals surface area contributed by atoms with Crippen molar-refractivity contribution >= 4 is 29.1 Å². The fraction of sp³-hybridized carbons (Fsp3) is 0.192. The van der Waals surface area contributed by atoms with Gasteiger partial charge in [0.25, 0.3) is 5.91 Å². The largest absolute Gasteiger partial charge is 0.496 e. The molecular weight excluding hydrogens is 446 g/mol. The molecule has 0 heterocycles. The van der Waals surface area contributed by atoms with Crippen LogP contribution in [-0.4, -0.2) is 39.0 Å². The molecule has 3 aromatic rings. The summed E-state index contributed by atoms with van der Waals surface area (Å²) in [6.45, 7) is 1.98. The second-order valence-electron chi connectivity index (χ2n) is 7.80. The van der Waals surface area contributed by atoms with Gasteiger partial charge < -0.3 is 25.8 Å². The highest BCUT2D eigenvalue weighted by atomic mass is 16.5. The van der Waals surface area contributed by atoms with E-state index in [1.165, 1.54) is 19.1 Å². The van der Waals surface area contributed by atoms with Crippen LogP contribution in [0.5, 0.6) is 11.5 Å². The normalized spacial score (nSPS) is 10.3. The summed E-state index contributed by atoms with van der Waals surface area (Å²) >= 11 is 0. The van der Waals surface area contributed by atoms with Crippen LogP contribution in [0.25, 0.3) is 0 Å². The van der Waals surface area contributed by atoms with Gasteiger partial charge in [-0.2, -0.15) is 0 Å². The first kappa shape index (κ1) is 25.1. The third kappa shape index (κ3) is 5.89. The van der Waals surface area contributed by atoms with E-state index < -0.39 is 0 Å². The predicted octanol–water partition coefficient (Wildman–Crippen LogP) is 3.89. The number of ether oxygens (including phenoxy) is 2. The van der Waals surface area contributed by atoms with Gasteiger partial charge in [-0.1, -0.05) is 30.3 Å². The highest BCUT2D eigenvalue weighted by molar-refractivity contribution is 6.03. The van der Waals surface area contributed by atoms with Gasteiger partial charge in [0.2, 0.25) is 0 Å². The van der Waals surface area contributed by atoms with Crippen LogP contribution in [0, 0.1) is 12.3 Å². The fourth-order valence-corrected chi connectivity index (χ4v) is 3.53. The molecule has 9 nitrogen and oxygen atoms in total. The molecule has 3 aromatic carbocycles. The zero-order valence-corrected chi connectivity index (χ0v) is 20.1. The fourth-order valence-electron chi connectivity index (χ4n) is 3.53. The zero-order valence-electron chi connectivity index (χ0n) is 20.1. The Morgan fingerprint density at radius 1 is 0.971 bits per heavy atom. The molecule has 0 unspecified atom stereocenters. The van der Waals surface area contributed by atoms with Gasteiger partial charge >= 0.3 is 6.03 Å². The van der Waals surface area contributed by atoms with E-state index >= 15 is 0 Å². The Kier molecular flexibility index (Phi) is 7.93. The van der Waals surface area contributed by atoms with E-state index in [1.807, 2.05) is 25.1 Å². The van der Waals surface area contributed by atoms with Crippen molar-refractivity contribution in [1.29, 1.82) is 5.41 Å². The first-order valence-electron chi connectivity index (χ1n) is 10.8. The van der Waals surface area contributed by atoms with Gasteiger partial charge in [-0.15, -0.1) is 0 Å². The smallest absolute Gasteiger partial charge is 0.326 e. The lowest BCUT2D eigenvalue weighted by Crippen LogP contribution is -2.33. The topological polar surface area (TPSA) is 130 Å². The number of rotatable bonds is 8. The Labute approximate surface area is 204 Å². The highest BCUT2D eigenvalue weighted by Gasteiger charge is 2.18. The molecule has 0 bridgehead atoms. The Balaban J connectivity index is 1.85. The molecule has 0 radical (unpaired) electrons. The zero-order chi connectivity index (χ0) is 25.5. The van der Waals surface area contributed by atoms with Crippen LogP contribution in [0.15, 0.2) is 60.7 Å².